The summed E-state index contributed by atoms with van der Waals surface area (Å²) in [7, 11) is 0. The predicted octanol–water partition coefficient (Wildman–Crippen LogP) is -5.75. The van der Waals surface area contributed by atoms with Crippen molar-refractivity contribution in [1.82, 2.24) is 0 Å². The molecule has 12 rings (SSSR count). The first kappa shape index (κ1) is 85.6. The van der Waals surface area contributed by atoms with E-state index in [9.17, 15) is 117 Å². The number of aliphatic hydroxyl groups is 21. The minimum absolute atomic E-state index is 0.0340. The number of carbonyl (C=O) groups is 2. The number of hydrogen-bond donors (Lipinski definition) is 22. The topological polar surface area (TPSA) is 590 Å². The van der Waals surface area contributed by atoms with Crippen molar-refractivity contribution in [3.63, 3.8) is 0 Å². The van der Waals surface area contributed by atoms with E-state index in [4.69, 9.17) is 56.8 Å². The van der Waals surface area contributed by atoms with Crippen LogP contribution in [-0.2, 0) is 66.4 Å². The Balaban J connectivity index is 0.821. The van der Waals surface area contributed by atoms with Crippen LogP contribution in [0.5, 0.6) is 5.75 Å². The molecule has 0 radical (unpaired) electrons. The van der Waals surface area contributed by atoms with Gasteiger partial charge >= 0.3 is 17.9 Å². The van der Waals surface area contributed by atoms with Gasteiger partial charge in [0.25, 0.3) is 5.79 Å². The maximum atomic E-state index is 16.2. The van der Waals surface area contributed by atoms with Crippen molar-refractivity contribution in [2.75, 3.05) is 33.0 Å². The first-order chi connectivity index (χ1) is 51.4. The number of aliphatic hydroxyl groups excluding tert-OH is 19. The van der Waals surface area contributed by atoms with E-state index < -0.39 is 272 Å². The molecule has 22 N–H and O–H groups in total. The van der Waals surface area contributed by atoms with Gasteiger partial charge in [-0.3, -0.25) is 4.79 Å². The van der Waals surface area contributed by atoms with Crippen molar-refractivity contribution in [3.05, 3.63) is 47.6 Å². The molecule has 36 nitrogen and oxygen atoms in total. The number of fused-ring (bicyclic) bond motifs is 7. The SMILES string of the molecule is C[C@H]1OC(OC(=O)[C@]23CCC(C)(C)C[C@H]2C2=CCC4[C@@]5(C)CC[C@H](O[C@@H]6OC[C@H](O)C(O[C@@H]7OC(CO)[C@@H](O)C(OC(=O)/C=C\c8ccc(O)cc8)[C@@H]7O)[C@@H]6O[C@@H]6OC(CO)[C@@H](O)C(O)[C@@H]6O)C(C)(C)C5CC[C@@]4(C)[C@]2(C)C[C@H]3O)([C@]2(O)C(CO)O[C@@](O)(OCC3O[C@H](O)[C@@H](O)C(O)[C@H]3O)[C@@H](O)C2O)[C@@H](O)[C@@H](O)[C@@H]1O. The number of phenolic OH excluding ortho intramolecular Hbond substituents is 1. The van der Waals surface area contributed by atoms with E-state index >= 15 is 4.79 Å². The molecule has 0 spiro atoms. The fraction of sp³-hybridized carbons (Fsp3) is 0.838. The minimum Gasteiger partial charge on any atom is -0.508 e. The second kappa shape index (κ2) is 31.2. The van der Waals surface area contributed by atoms with Crippen molar-refractivity contribution in [1.29, 1.82) is 0 Å². The average Bonchev–Trinajstić information content (AvgIpc) is 0.680. The number of hydrogen-bond acceptors (Lipinski definition) is 36. The quantitative estimate of drug-likeness (QED) is 0.0214. The second-order valence-electron chi connectivity index (χ2n) is 34.4. The molecule has 5 aliphatic carbocycles. The summed E-state index contributed by atoms with van der Waals surface area (Å²) >= 11 is 0. The lowest BCUT2D eigenvalue weighted by Crippen LogP contribution is -2.85. The fourth-order valence-electron chi connectivity index (χ4n) is 20.8. The number of esters is 2. The van der Waals surface area contributed by atoms with E-state index in [2.05, 4.69) is 26.8 Å². The molecule has 10 fully saturated rings. The van der Waals surface area contributed by atoms with Crippen LogP contribution in [0.3, 0.4) is 0 Å². The summed E-state index contributed by atoms with van der Waals surface area (Å²) in [6, 6.07) is 5.76. The molecule has 36 heteroatoms. The molecular weight excluding hydrogens is 1460 g/mol. The highest BCUT2D eigenvalue weighted by molar-refractivity contribution is 5.87. The van der Waals surface area contributed by atoms with Gasteiger partial charge < -0.3 is 169 Å². The third-order valence-corrected chi connectivity index (χ3v) is 27.5. The van der Waals surface area contributed by atoms with Crippen LogP contribution < -0.4 is 0 Å². The van der Waals surface area contributed by atoms with Crippen LogP contribution in [0.4, 0.5) is 0 Å². The second-order valence-corrected chi connectivity index (χ2v) is 34.4. The van der Waals surface area contributed by atoms with Crippen LogP contribution in [0.1, 0.15) is 119 Å². The summed E-state index contributed by atoms with van der Waals surface area (Å²) in [5.74, 6) is -10.8. The fourth-order valence-corrected chi connectivity index (χ4v) is 20.8. The Bertz CT molecular complexity index is 3450. The zero-order valence-corrected chi connectivity index (χ0v) is 62.4. The molecule has 6 saturated heterocycles. The number of ether oxygens (including phenoxy) is 12. The maximum Gasteiger partial charge on any atom is 0.331 e. The van der Waals surface area contributed by atoms with Crippen molar-refractivity contribution >= 4 is 18.0 Å². The van der Waals surface area contributed by atoms with Gasteiger partial charge in [0.1, 0.15) is 121 Å². The zero-order chi connectivity index (χ0) is 80.6. The summed E-state index contributed by atoms with van der Waals surface area (Å²) < 4.78 is 71.9. The van der Waals surface area contributed by atoms with Crippen LogP contribution in [0, 0.1) is 50.2 Å². The molecule has 0 aromatic heterocycles. The van der Waals surface area contributed by atoms with Gasteiger partial charge in [-0.05, 0) is 133 Å². The van der Waals surface area contributed by atoms with Gasteiger partial charge in [-0.25, -0.2) is 4.79 Å². The molecule has 12 unspecified atom stereocenters. The number of rotatable bonds is 18. The lowest BCUT2D eigenvalue weighted by molar-refractivity contribution is -0.504. The van der Waals surface area contributed by atoms with Gasteiger partial charge in [0.15, 0.2) is 49.1 Å². The molecule has 0 bridgehead atoms. The molecule has 0 amide bonds. The third-order valence-electron chi connectivity index (χ3n) is 27.5. The van der Waals surface area contributed by atoms with Crippen molar-refractivity contribution in [2.45, 2.75) is 302 Å². The molecule has 6 aliphatic heterocycles. The Morgan fingerprint density at radius 1 is 0.591 bits per heavy atom. The molecule has 1 aromatic rings. The lowest BCUT2D eigenvalue weighted by atomic mass is 9.33. The smallest absolute Gasteiger partial charge is 0.331 e. The molecule has 38 atom stereocenters. The highest BCUT2D eigenvalue weighted by Crippen LogP contribution is 2.76. The van der Waals surface area contributed by atoms with E-state index in [-0.39, 0.29) is 43.3 Å². The van der Waals surface area contributed by atoms with Crippen LogP contribution >= 0.6 is 0 Å². The third kappa shape index (κ3) is 14.0. The van der Waals surface area contributed by atoms with Gasteiger partial charge in [-0.2, -0.15) is 0 Å². The molecular formula is C74H112O36. The summed E-state index contributed by atoms with van der Waals surface area (Å²) in [6.07, 6.45) is -47.8. The summed E-state index contributed by atoms with van der Waals surface area (Å²) in [5.41, 5.74) is -7.91. The van der Waals surface area contributed by atoms with E-state index in [0.29, 0.717) is 37.7 Å². The Morgan fingerprint density at radius 2 is 1.22 bits per heavy atom. The Hall–Kier alpha value is -3.80. The maximum absolute atomic E-state index is 16.2. The van der Waals surface area contributed by atoms with E-state index in [0.717, 1.165) is 18.6 Å². The van der Waals surface area contributed by atoms with E-state index in [1.807, 2.05) is 27.7 Å². The molecule has 110 heavy (non-hydrogen) atoms. The van der Waals surface area contributed by atoms with Gasteiger partial charge in [0, 0.05) is 6.08 Å². The minimum atomic E-state index is -3.69. The highest BCUT2D eigenvalue weighted by atomic mass is 16.9. The number of benzene rings is 1. The highest BCUT2D eigenvalue weighted by Gasteiger charge is 2.79. The zero-order valence-electron chi connectivity index (χ0n) is 62.4. The van der Waals surface area contributed by atoms with Gasteiger partial charge in [-0.15, -0.1) is 0 Å². The van der Waals surface area contributed by atoms with Gasteiger partial charge in [-0.1, -0.05) is 72.2 Å². The van der Waals surface area contributed by atoms with Crippen molar-refractivity contribution in [2.24, 2.45) is 50.2 Å². The van der Waals surface area contributed by atoms with Crippen molar-refractivity contribution in [3.8, 4) is 5.75 Å². The molecule has 6 heterocycles. The largest absolute Gasteiger partial charge is 0.508 e. The van der Waals surface area contributed by atoms with Crippen molar-refractivity contribution < 1.29 is 179 Å². The van der Waals surface area contributed by atoms with Gasteiger partial charge in [0.05, 0.1) is 51.3 Å². The number of aromatic hydroxyl groups is 1. The summed E-state index contributed by atoms with van der Waals surface area (Å²) in [4.78, 5) is 29.5. The first-order valence-corrected chi connectivity index (χ1v) is 37.7. The van der Waals surface area contributed by atoms with Crippen LogP contribution in [0.15, 0.2) is 42.0 Å². The number of allylic oxidation sites excluding steroid dienone is 2. The normalized spacial score (nSPS) is 51.5. The molecule has 11 aliphatic rings. The Morgan fingerprint density at radius 3 is 1.87 bits per heavy atom. The summed E-state index contributed by atoms with van der Waals surface area (Å²) in [5, 5.41) is 249. The summed E-state index contributed by atoms with van der Waals surface area (Å²) in [6.45, 7) is 10.8. The lowest BCUT2D eigenvalue weighted by Gasteiger charge is -2.72. The van der Waals surface area contributed by atoms with Crippen LogP contribution in [0.2, 0.25) is 0 Å². The van der Waals surface area contributed by atoms with Crippen LogP contribution in [-0.4, -0.2) is 346 Å². The van der Waals surface area contributed by atoms with Crippen LogP contribution in [0.25, 0.3) is 6.08 Å². The predicted molar refractivity (Wildman–Crippen MR) is 365 cm³/mol. The molecule has 624 valence electrons. The van der Waals surface area contributed by atoms with E-state index in [1.54, 1.807) is 0 Å². The first-order valence-electron chi connectivity index (χ1n) is 37.7. The van der Waals surface area contributed by atoms with E-state index in [1.165, 1.54) is 30.3 Å². The van der Waals surface area contributed by atoms with Gasteiger partial charge in [0.2, 0.25) is 0 Å². The molecule has 4 saturated carbocycles. The number of carbonyl (C=O) groups excluding carboxylic acids is 2. The average molecular weight is 1580 g/mol. The monoisotopic (exact) mass is 1580 g/mol. The standard InChI is InChI=1S/C74H112O36/c1-30-45(82)51(88)58(92)73(108-30,72(97)43(27-77)109-74(98,60(94)59(72)93)100-29-38-47(84)49(86)52(89)61(95)101-38)110-65(96)71-22-21-66(2,3)23-34(71)33-14-15-40-68(6)19-18-42(67(4,5)39(68)17-20-69(40,7)70(33,8)24-41(71)80)104-64-57(107-62-53(90)50(87)46(83)36(25-75)102-62)55(35(79)28-99-64)106-63-54(91)56(48(85)37(26-76)103-63)105-44(81)16-11-31-9-12-32(78)13-10-31/h9-14,16,30,34-43,45-64,75-80,82-95,97-98H,15,17-29H2,1-8H3/b16-11-/t30-,34+,35+,36?,37?,38?,39?,40?,41-,42+,43?,45-,46-,47+,48-,49?,50?,51+,52+,53+,54+,55?,56?,57+,58+,59?,60+,61+,62+,63+,64+,68+,69-,70-,71-,72+,73?,74+/m1/s1. The number of phenols is 1. The Labute approximate surface area is 633 Å². The Kier molecular flexibility index (Phi) is 24.3. The molecule has 1 aromatic carbocycles.